The molecule has 2 aromatic heterocycles. The molecular formula is C17H21N7O9S2. The van der Waals surface area contributed by atoms with Crippen LogP contribution in [0.1, 0.15) is 31.0 Å². The number of hydrogen-bond acceptors (Lipinski definition) is 13. The van der Waals surface area contributed by atoms with Gasteiger partial charge in [0.1, 0.15) is 11.7 Å². The molecule has 0 aromatic carbocycles. The summed E-state index contributed by atoms with van der Waals surface area (Å²) in [5.74, 6) is -3.25. The average Bonchev–Trinajstić information content (AvgIpc) is 3.39. The minimum Gasteiger partial charge on any atom is -0.478 e. The number of aliphatic carboxylic acids is 1. The molecule has 3 rings (SSSR count). The number of nitrogens with one attached hydrogen (secondary N) is 1. The molecule has 0 radical (unpaired) electrons. The molecule has 0 unspecified atom stereocenters. The highest BCUT2D eigenvalue weighted by molar-refractivity contribution is 7.84. The topological polar surface area (TPSA) is 254 Å². The molecule has 16 nitrogen and oxygen atoms in total. The molecule has 7 N–H and O–H groups in total. The maximum Gasteiger partial charge on any atom is 0.362 e. The lowest BCUT2D eigenvalue weighted by molar-refractivity contribution is -0.161. The van der Waals surface area contributed by atoms with Gasteiger partial charge in [0.05, 0.1) is 18.3 Å². The minimum atomic E-state index is -4.96. The second kappa shape index (κ2) is 9.56. The summed E-state index contributed by atoms with van der Waals surface area (Å²) in [4.78, 5) is 45.7. The summed E-state index contributed by atoms with van der Waals surface area (Å²) in [7, 11) is -4.96. The lowest BCUT2D eigenvalue weighted by atomic mass is 9.93. The van der Waals surface area contributed by atoms with Crippen LogP contribution in [0, 0.1) is 0 Å². The van der Waals surface area contributed by atoms with Gasteiger partial charge in [0.2, 0.25) is 5.60 Å². The first kappa shape index (κ1) is 26.0. The lowest BCUT2D eigenvalue weighted by Crippen LogP contribution is -2.73. The van der Waals surface area contributed by atoms with Gasteiger partial charge in [-0.2, -0.15) is 8.42 Å². The zero-order valence-electron chi connectivity index (χ0n) is 18.2. The van der Waals surface area contributed by atoms with E-state index in [1.165, 1.54) is 25.3 Å². The van der Waals surface area contributed by atoms with Crippen LogP contribution in [-0.2, 0) is 42.5 Å². The van der Waals surface area contributed by atoms with E-state index in [9.17, 15) is 32.5 Å². The number of oxime groups is 1. The molecule has 1 fully saturated rings. The molecule has 1 aliphatic heterocycles. The van der Waals surface area contributed by atoms with Crippen LogP contribution in [0.4, 0.5) is 5.13 Å². The number of carbonyl (C=O) groups is 3. The van der Waals surface area contributed by atoms with E-state index in [1.54, 1.807) is 0 Å². The first-order valence-corrected chi connectivity index (χ1v) is 12.0. The van der Waals surface area contributed by atoms with Crippen molar-refractivity contribution in [1.29, 1.82) is 0 Å². The number of thiazole rings is 1. The van der Waals surface area contributed by atoms with E-state index in [2.05, 4.69) is 20.6 Å². The molecule has 1 aliphatic rings. The van der Waals surface area contributed by atoms with Crippen LogP contribution in [0.25, 0.3) is 0 Å². The molecule has 2 atom stereocenters. The normalized spacial score (nSPS) is 18.8. The van der Waals surface area contributed by atoms with Gasteiger partial charge >= 0.3 is 16.3 Å². The third kappa shape index (κ3) is 5.56. The van der Waals surface area contributed by atoms with Crippen LogP contribution in [0.15, 0.2) is 21.1 Å². The first-order chi connectivity index (χ1) is 16.2. The van der Waals surface area contributed by atoms with E-state index >= 15 is 0 Å². The second-order valence-electron chi connectivity index (χ2n) is 7.74. The Labute approximate surface area is 201 Å². The highest BCUT2D eigenvalue weighted by Gasteiger charge is 2.54. The summed E-state index contributed by atoms with van der Waals surface area (Å²) in [6.45, 7) is 2.39. The van der Waals surface area contributed by atoms with Crippen LogP contribution in [0.3, 0.4) is 0 Å². The number of amides is 2. The van der Waals surface area contributed by atoms with Gasteiger partial charge < -0.3 is 31.3 Å². The van der Waals surface area contributed by atoms with E-state index < -0.39 is 51.5 Å². The first-order valence-electron chi connectivity index (χ1n) is 9.71. The fourth-order valence-electron chi connectivity index (χ4n) is 2.93. The Kier molecular flexibility index (Phi) is 7.11. The lowest BCUT2D eigenvalue weighted by Gasteiger charge is -2.43. The van der Waals surface area contributed by atoms with Crippen molar-refractivity contribution in [3.05, 3.63) is 28.6 Å². The van der Waals surface area contributed by atoms with E-state index in [0.29, 0.717) is 5.76 Å². The fourth-order valence-corrected chi connectivity index (χ4v) is 4.36. The number of hydrogen-bond donors (Lipinski definition) is 5. The molecule has 0 aliphatic carbocycles. The molecule has 3 heterocycles. The predicted octanol–water partition coefficient (Wildman–Crippen LogP) is -1.50. The van der Waals surface area contributed by atoms with E-state index in [1.807, 2.05) is 0 Å². The van der Waals surface area contributed by atoms with Gasteiger partial charge in [0.25, 0.3) is 11.8 Å². The highest BCUT2D eigenvalue weighted by Crippen LogP contribution is 2.27. The van der Waals surface area contributed by atoms with E-state index in [0.717, 1.165) is 11.3 Å². The Bertz CT molecular complexity index is 1280. The molecule has 2 amide bonds. The summed E-state index contributed by atoms with van der Waals surface area (Å²) in [6, 6.07) is -1.28. The van der Waals surface area contributed by atoms with E-state index in [-0.39, 0.29) is 33.8 Å². The molecule has 0 saturated carbocycles. The van der Waals surface area contributed by atoms with Crippen molar-refractivity contribution in [3.8, 4) is 0 Å². The molecule has 190 valence electrons. The summed E-state index contributed by atoms with van der Waals surface area (Å²) in [5, 5.41) is 20.3. The third-order valence-corrected chi connectivity index (χ3v) is 6.41. The van der Waals surface area contributed by atoms with Crippen molar-refractivity contribution in [2.75, 3.05) is 5.73 Å². The number of nitrogen functional groups attached to an aromatic ring is 1. The minimum absolute atomic E-state index is 0.0159. The number of aromatic nitrogens is 2. The Morgan fingerprint density at radius 3 is 2.63 bits per heavy atom. The number of rotatable bonds is 10. The smallest absolute Gasteiger partial charge is 0.362 e. The average molecular weight is 532 g/mol. The third-order valence-electron chi connectivity index (χ3n) is 4.79. The molecule has 35 heavy (non-hydrogen) atoms. The second-order valence-corrected chi connectivity index (χ2v) is 9.92. The monoisotopic (exact) mass is 531 g/mol. The number of β-lactam (4-membered cyclic amide) rings is 1. The predicted molar refractivity (Wildman–Crippen MR) is 118 cm³/mol. The molecule has 0 spiro atoms. The molecule has 18 heteroatoms. The summed E-state index contributed by atoms with van der Waals surface area (Å²) in [6.07, 6.45) is -0.224. The van der Waals surface area contributed by atoms with Gasteiger partial charge in [-0.1, -0.05) is 10.3 Å². The van der Waals surface area contributed by atoms with Crippen molar-refractivity contribution in [2.24, 2.45) is 10.9 Å². The SMILES string of the molecule is CC(C)(ON=C(C(=O)N[C@@H]1C(=O)N(S(=O)(=O)O)[C@@H]1Cc1cc(CN)on1)c1csc(N)n1)C(=O)O. The van der Waals surface area contributed by atoms with Crippen molar-refractivity contribution in [2.45, 2.75) is 44.5 Å². The summed E-state index contributed by atoms with van der Waals surface area (Å²) in [5.41, 5.74) is 8.85. The van der Waals surface area contributed by atoms with Gasteiger partial charge in [-0.3, -0.25) is 14.1 Å². The Balaban J connectivity index is 1.89. The standard InChI is InChI=1S/C17H21N7O9S2/c1-17(2,15(27)28)33-23-11(9-6-34-16(19)20-9)13(25)21-12-10(24(14(12)26)35(29,30)31)4-7-3-8(5-18)32-22-7/h3,6,10,12H,4-5,18H2,1-2H3,(H2,19,20)(H,21,25)(H,27,28)(H,29,30,31)/t10-,12+/m1/s1. The van der Waals surface area contributed by atoms with Crippen molar-refractivity contribution in [1.82, 2.24) is 19.8 Å². The highest BCUT2D eigenvalue weighted by atomic mass is 32.2. The molecule has 2 aromatic rings. The van der Waals surface area contributed by atoms with Gasteiger partial charge in [-0.25, -0.2) is 14.1 Å². The van der Waals surface area contributed by atoms with Crippen LogP contribution >= 0.6 is 11.3 Å². The van der Waals surface area contributed by atoms with Crippen LogP contribution in [-0.4, -0.2) is 73.7 Å². The van der Waals surface area contributed by atoms with Crippen LogP contribution in [0.2, 0.25) is 0 Å². The number of anilines is 1. The zero-order valence-corrected chi connectivity index (χ0v) is 19.9. The van der Waals surface area contributed by atoms with Gasteiger partial charge in [0.15, 0.2) is 16.6 Å². The quantitative estimate of drug-likeness (QED) is 0.101. The Morgan fingerprint density at radius 2 is 2.11 bits per heavy atom. The number of nitrogens with two attached hydrogens (primary N) is 2. The summed E-state index contributed by atoms with van der Waals surface area (Å²) < 4.78 is 38.0. The zero-order chi connectivity index (χ0) is 26.1. The van der Waals surface area contributed by atoms with Gasteiger partial charge in [-0.15, -0.1) is 11.3 Å². The maximum absolute atomic E-state index is 13.0. The fraction of sp³-hybridized carbons (Fsp3) is 0.412. The van der Waals surface area contributed by atoms with Crippen molar-refractivity contribution >= 4 is 50.3 Å². The number of carboxylic acids is 1. The number of carboxylic acid groups (broad SMARTS) is 1. The van der Waals surface area contributed by atoms with Gasteiger partial charge in [0, 0.05) is 17.9 Å². The molecule has 0 bridgehead atoms. The van der Waals surface area contributed by atoms with Crippen molar-refractivity contribution in [3.63, 3.8) is 0 Å². The number of carbonyl (C=O) groups excluding carboxylic acids is 2. The van der Waals surface area contributed by atoms with E-state index in [4.69, 9.17) is 20.8 Å². The Morgan fingerprint density at radius 1 is 1.43 bits per heavy atom. The Hall–Kier alpha value is -3.61. The van der Waals surface area contributed by atoms with Gasteiger partial charge in [-0.05, 0) is 13.8 Å². The molecular weight excluding hydrogens is 510 g/mol. The van der Waals surface area contributed by atoms with Crippen molar-refractivity contribution < 1.29 is 41.8 Å². The maximum atomic E-state index is 13.0. The summed E-state index contributed by atoms with van der Waals surface area (Å²) >= 11 is 0.957. The number of nitrogens with zero attached hydrogens (tertiary/aromatic N) is 4. The largest absolute Gasteiger partial charge is 0.478 e. The molecule has 1 saturated heterocycles. The van der Waals surface area contributed by atoms with Crippen LogP contribution in [0.5, 0.6) is 0 Å². The van der Waals surface area contributed by atoms with Crippen LogP contribution < -0.4 is 16.8 Å².